The van der Waals surface area contributed by atoms with Crippen LogP contribution in [0, 0.1) is 13.8 Å². The van der Waals surface area contributed by atoms with Crippen molar-refractivity contribution in [1.29, 1.82) is 0 Å². The molecular formula is C12H17NO2. The van der Waals surface area contributed by atoms with E-state index in [1.54, 1.807) is 0 Å². The van der Waals surface area contributed by atoms with Crippen molar-refractivity contribution >= 4 is 6.09 Å². The van der Waals surface area contributed by atoms with Crippen molar-refractivity contribution in [3.8, 4) is 5.75 Å². The van der Waals surface area contributed by atoms with Gasteiger partial charge in [0.1, 0.15) is 5.75 Å². The van der Waals surface area contributed by atoms with Crippen molar-refractivity contribution in [3.63, 3.8) is 0 Å². The molecule has 0 fully saturated rings. The zero-order valence-corrected chi connectivity index (χ0v) is 9.63. The molecule has 0 aliphatic carbocycles. The predicted octanol–water partition coefficient (Wildman–Crippen LogP) is 2.80. The van der Waals surface area contributed by atoms with E-state index in [2.05, 4.69) is 5.32 Å². The number of carbonyl (C=O) groups is 1. The Balaban J connectivity index is 2.68. The summed E-state index contributed by atoms with van der Waals surface area (Å²) in [6, 6.07) is 5.80. The Bertz CT molecular complexity index is 338. The Morgan fingerprint density at radius 3 is 2.20 bits per heavy atom. The van der Waals surface area contributed by atoms with Gasteiger partial charge in [0.15, 0.2) is 0 Å². The maximum absolute atomic E-state index is 11.3. The molecule has 0 unspecified atom stereocenters. The van der Waals surface area contributed by atoms with E-state index in [0.29, 0.717) is 5.75 Å². The second-order valence-electron chi connectivity index (χ2n) is 4.01. The van der Waals surface area contributed by atoms with E-state index in [-0.39, 0.29) is 6.04 Å². The van der Waals surface area contributed by atoms with Gasteiger partial charge >= 0.3 is 6.09 Å². The standard InChI is InChI=1S/C12H17NO2/c1-8(2)13-12(14)15-11-6-9(3)5-10(4)7-11/h5-8H,1-4H3,(H,13,14). The average molecular weight is 207 g/mol. The third-order valence-corrected chi connectivity index (χ3v) is 1.81. The maximum atomic E-state index is 11.3. The molecule has 0 aliphatic heterocycles. The fraction of sp³-hybridized carbons (Fsp3) is 0.417. The van der Waals surface area contributed by atoms with Gasteiger partial charge in [0, 0.05) is 6.04 Å². The second kappa shape index (κ2) is 4.82. The molecule has 3 heteroatoms. The molecule has 0 atom stereocenters. The van der Waals surface area contributed by atoms with Crippen LogP contribution in [0.15, 0.2) is 18.2 Å². The van der Waals surface area contributed by atoms with Crippen LogP contribution in [0.25, 0.3) is 0 Å². The summed E-state index contributed by atoms with van der Waals surface area (Å²) in [6.07, 6.45) is -0.407. The Morgan fingerprint density at radius 2 is 1.73 bits per heavy atom. The lowest BCUT2D eigenvalue weighted by molar-refractivity contribution is 0.197. The van der Waals surface area contributed by atoms with Crippen LogP contribution in [0.3, 0.4) is 0 Å². The average Bonchev–Trinajstić information content (AvgIpc) is 1.98. The molecule has 1 aromatic carbocycles. The molecule has 1 aromatic rings. The Kier molecular flexibility index (Phi) is 3.72. The van der Waals surface area contributed by atoms with Gasteiger partial charge in [-0.1, -0.05) is 6.07 Å². The SMILES string of the molecule is Cc1cc(C)cc(OC(=O)NC(C)C)c1. The fourth-order valence-electron chi connectivity index (χ4n) is 1.36. The highest BCUT2D eigenvalue weighted by Crippen LogP contribution is 2.16. The summed E-state index contributed by atoms with van der Waals surface area (Å²) in [5.41, 5.74) is 2.17. The van der Waals surface area contributed by atoms with Gasteiger partial charge in [-0.15, -0.1) is 0 Å². The van der Waals surface area contributed by atoms with Crippen molar-refractivity contribution in [2.24, 2.45) is 0 Å². The van der Waals surface area contributed by atoms with E-state index in [9.17, 15) is 4.79 Å². The molecule has 0 spiro atoms. The normalized spacial score (nSPS) is 10.2. The van der Waals surface area contributed by atoms with Crippen molar-refractivity contribution < 1.29 is 9.53 Å². The number of nitrogens with one attached hydrogen (secondary N) is 1. The molecule has 3 nitrogen and oxygen atoms in total. The smallest absolute Gasteiger partial charge is 0.410 e. The minimum Gasteiger partial charge on any atom is -0.410 e. The molecule has 82 valence electrons. The summed E-state index contributed by atoms with van der Waals surface area (Å²) in [4.78, 5) is 11.3. The number of hydrogen-bond acceptors (Lipinski definition) is 2. The van der Waals surface area contributed by atoms with Crippen LogP contribution in [0.2, 0.25) is 0 Å². The molecule has 0 radical (unpaired) electrons. The van der Waals surface area contributed by atoms with Crippen LogP contribution in [0.4, 0.5) is 4.79 Å². The first-order valence-corrected chi connectivity index (χ1v) is 5.04. The lowest BCUT2D eigenvalue weighted by Gasteiger charge is -2.09. The van der Waals surface area contributed by atoms with Crippen molar-refractivity contribution in [1.82, 2.24) is 5.32 Å². The summed E-state index contributed by atoms with van der Waals surface area (Å²) in [7, 11) is 0. The zero-order chi connectivity index (χ0) is 11.4. The van der Waals surface area contributed by atoms with Crippen molar-refractivity contribution in [3.05, 3.63) is 29.3 Å². The summed E-state index contributed by atoms with van der Waals surface area (Å²) in [6.45, 7) is 7.73. The maximum Gasteiger partial charge on any atom is 0.412 e. The van der Waals surface area contributed by atoms with E-state index < -0.39 is 6.09 Å². The van der Waals surface area contributed by atoms with E-state index in [0.717, 1.165) is 11.1 Å². The Morgan fingerprint density at radius 1 is 1.20 bits per heavy atom. The lowest BCUT2D eigenvalue weighted by Crippen LogP contribution is -2.32. The number of carbonyl (C=O) groups excluding carboxylic acids is 1. The first kappa shape index (κ1) is 11.6. The predicted molar refractivity (Wildman–Crippen MR) is 60.2 cm³/mol. The van der Waals surface area contributed by atoms with Gasteiger partial charge in [0.25, 0.3) is 0 Å². The number of ether oxygens (including phenoxy) is 1. The van der Waals surface area contributed by atoms with Gasteiger partial charge in [-0.2, -0.15) is 0 Å². The Labute approximate surface area is 90.4 Å². The highest BCUT2D eigenvalue weighted by molar-refractivity contribution is 5.70. The highest BCUT2D eigenvalue weighted by Gasteiger charge is 2.06. The van der Waals surface area contributed by atoms with Crippen LogP contribution in [0.5, 0.6) is 5.75 Å². The van der Waals surface area contributed by atoms with Crippen LogP contribution >= 0.6 is 0 Å². The van der Waals surface area contributed by atoms with Crippen LogP contribution < -0.4 is 10.1 Å². The molecule has 0 heterocycles. The monoisotopic (exact) mass is 207 g/mol. The number of benzene rings is 1. The lowest BCUT2D eigenvalue weighted by atomic mass is 10.1. The van der Waals surface area contributed by atoms with Gasteiger partial charge in [0.2, 0.25) is 0 Å². The molecule has 15 heavy (non-hydrogen) atoms. The largest absolute Gasteiger partial charge is 0.412 e. The van der Waals surface area contributed by atoms with Gasteiger partial charge in [-0.3, -0.25) is 0 Å². The third kappa shape index (κ3) is 4.02. The second-order valence-corrected chi connectivity index (χ2v) is 4.01. The molecule has 1 rings (SSSR count). The number of rotatable bonds is 2. The summed E-state index contributed by atoms with van der Waals surface area (Å²) in [5.74, 6) is 0.589. The third-order valence-electron chi connectivity index (χ3n) is 1.81. The van der Waals surface area contributed by atoms with Crippen LogP contribution in [0.1, 0.15) is 25.0 Å². The number of amides is 1. The summed E-state index contributed by atoms with van der Waals surface area (Å²) in [5, 5.41) is 2.67. The first-order valence-electron chi connectivity index (χ1n) is 5.04. The van der Waals surface area contributed by atoms with Gasteiger partial charge in [-0.25, -0.2) is 4.79 Å². The number of hydrogen-bond donors (Lipinski definition) is 1. The zero-order valence-electron chi connectivity index (χ0n) is 9.63. The van der Waals surface area contributed by atoms with Gasteiger partial charge < -0.3 is 10.1 Å². The molecule has 1 N–H and O–H groups in total. The Hall–Kier alpha value is -1.51. The molecule has 0 aliphatic rings. The van der Waals surface area contributed by atoms with Crippen molar-refractivity contribution in [2.75, 3.05) is 0 Å². The van der Waals surface area contributed by atoms with Crippen LogP contribution in [-0.4, -0.2) is 12.1 Å². The van der Waals surface area contributed by atoms with Crippen molar-refractivity contribution in [2.45, 2.75) is 33.7 Å². The fourth-order valence-corrected chi connectivity index (χ4v) is 1.36. The summed E-state index contributed by atoms with van der Waals surface area (Å²) < 4.78 is 5.14. The molecule has 0 aromatic heterocycles. The topological polar surface area (TPSA) is 38.3 Å². The van der Waals surface area contributed by atoms with E-state index in [1.165, 1.54) is 0 Å². The van der Waals surface area contributed by atoms with E-state index in [4.69, 9.17) is 4.74 Å². The molecular weight excluding hydrogens is 190 g/mol. The quantitative estimate of drug-likeness (QED) is 0.809. The van der Waals surface area contributed by atoms with Crippen LogP contribution in [-0.2, 0) is 0 Å². The molecule has 0 saturated carbocycles. The highest BCUT2D eigenvalue weighted by atomic mass is 16.6. The first-order chi connectivity index (χ1) is 6.97. The van der Waals surface area contributed by atoms with E-state index >= 15 is 0 Å². The van der Waals surface area contributed by atoms with Gasteiger partial charge in [-0.05, 0) is 51.0 Å². The van der Waals surface area contributed by atoms with E-state index in [1.807, 2.05) is 45.9 Å². The van der Waals surface area contributed by atoms with Gasteiger partial charge in [0.05, 0.1) is 0 Å². The molecule has 0 saturated heterocycles. The minimum absolute atomic E-state index is 0.0865. The molecule has 0 bridgehead atoms. The number of aryl methyl sites for hydroxylation is 2. The summed E-state index contributed by atoms with van der Waals surface area (Å²) >= 11 is 0. The molecule has 1 amide bonds. The minimum atomic E-state index is -0.407.